The molecule has 132 valence electrons. The van der Waals surface area contributed by atoms with Gasteiger partial charge in [-0.25, -0.2) is 0 Å². The molecule has 0 aromatic carbocycles. The number of nitrogens with one attached hydrogen (secondary N) is 1. The Hall–Kier alpha value is -0.880. The number of hydrogen-bond donors (Lipinski definition) is 2. The molecule has 1 aliphatic heterocycles. The van der Waals surface area contributed by atoms with E-state index in [4.69, 9.17) is 5.73 Å². The highest BCUT2D eigenvalue weighted by molar-refractivity contribution is 5.85. The summed E-state index contributed by atoms with van der Waals surface area (Å²) in [6.07, 6.45) is 5.67. The largest absolute Gasteiger partial charge is 0.353 e. The SMILES string of the molecule is CC(N)C(C)C(=O)NC1CCN(Cc2ccncc2)CC1.Cl.Cl. The summed E-state index contributed by atoms with van der Waals surface area (Å²) in [5.41, 5.74) is 7.07. The zero-order valence-electron chi connectivity index (χ0n) is 13.8. The number of rotatable bonds is 5. The first kappa shape index (κ1) is 22.1. The van der Waals surface area contributed by atoms with Gasteiger partial charge in [0.25, 0.3) is 0 Å². The molecule has 5 nitrogen and oxygen atoms in total. The van der Waals surface area contributed by atoms with E-state index >= 15 is 0 Å². The van der Waals surface area contributed by atoms with E-state index in [-0.39, 0.29) is 48.7 Å². The summed E-state index contributed by atoms with van der Waals surface area (Å²) in [5.74, 6) is -0.0440. The number of piperidine rings is 1. The van der Waals surface area contributed by atoms with E-state index in [0.717, 1.165) is 32.5 Å². The normalized spacial score (nSPS) is 18.2. The Balaban J connectivity index is 0.00000242. The van der Waals surface area contributed by atoms with E-state index in [1.54, 1.807) is 0 Å². The maximum atomic E-state index is 12.0. The van der Waals surface area contributed by atoms with Crippen LogP contribution in [0.2, 0.25) is 0 Å². The van der Waals surface area contributed by atoms with Crippen LogP contribution in [0.3, 0.4) is 0 Å². The molecule has 0 bridgehead atoms. The third kappa shape index (κ3) is 7.04. The van der Waals surface area contributed by atoms with Crippen LogP contribution in [0.25, 0.3) is 0 Å². The van der Waals surface area contributed by atoms with E-state index in [9.17, 15) is 4.79 Å². The lowest BCUT2D eigenvalue weighted by Gasteiger charge is -2.33. The van der Waals surface area contributed by atoms with Crippen molar-refractivity contribution >= 4 is 30.7 Å². The van der Waals surface area contributed by atoms with Gasteiger partial charge in [0.05, 0.1) is 0 Å². The molecule has 0 spiro atoms. The molecule has 1 aromatic heterocycles. The van der Waals surface area contributed by atoms with Crippen LogP contribution >= 0.6 is 24.8 Å². The van der Waals surface area contributed by atoms with E-state index in [0.29, 0.717) is 0 Å². The minimum Gasteiger partial charge on any atom is -0.353 e. The highest BCUT2D eigenvalue weighted by Gasteiger charge is 2.24. The second kappa shape index (κ2) is 10.8. The zero-order chi connectivity index (χ0) is 15.2. The van der Waals surface area contributed by atoms with Gasteiger partial charge in [-0.15, -0.1) is 24.8 Å². The Kier molecular flexibility index (Phi) is 10.4. The summed E-state index contributed by atoms with van der Waals surface area (Å²) in [6, 6.07) is 4.29. The standard InChI is InChI=1S/C16H26N4O.2ClH/c1-12(13(2)17)16(21)19-15-5-9-20(10-6-15)11-14-3-7-18-8-4-14;;/h3-4,7-8,12-13,15H,5-6,9-11,17H2,1-2H3,(H,19,21);2*1H. The minimum absolute atomic E-state index is 0. The predicted octanol–water partition coefficient (Wildman–Crippen LogP) is 1.99. The van der Waals surface area contributed by atoms with Crippen LogP contribution in [-0.2, 0) is 11.3 Å². The molecule has 0 aliphatic carbocycles. The van der Waals surface area contributed by atoms with E-state index < -0.39 is 0 Å². The quantitative estimate of drug-likeness (QED) is 0.839. The molecular formula is C16H28Cl2N4O. The van der Waals surface area contributed by atoms with Gasteiger partial charge in [0.1, 0.15) is 0 Å². The van der Waals surface area contributed by atoms with Crippen molar-refractivity contribution in [1.82, 2.24) is 15.2 Å². The molecule has 3 N–H and O–H groups in total. The van der Waals surface area contributed by atoms with Crippen LogP contribution in [0.4, 0.5) is 0 Å². The Labute approximate surface area is 151 Å². The molecule has 2 rings (SSSR count). The van der Waals surface area contributed by atoms with Gasteiger partial charge in [0.15, 0.2) is 0 Å². The van der Waals surface area contributed by atoms with Gasteiger partial charge >= 0.3 is 0 Å². The Bertz CT molecular complexity index is 451. The molecule has 2 unspecified atom stereocenters. The second-order valence-electron chi connectivity index (χ2n) is 6.06. The number of likely N-dealkylation sites (tertiary alicyclic amines) is 1. The van der Waals surface area contributed by atoms with Crippen molar-refractivity contribution in [2.45, 2.75) is 45.3 Å². The number of pyridine rings is 1. The van der Waals surface area contributed by atoms with Crippen molar-refractivity contribution in [2.24, 2.45) is 11.7 Å². The number of carbonyl (C=O) groups excluding carboxylic acids is 1. The van der Waals surface area contributed by atoms with Gasteiger partial charge in [-0.05, 0) is 37.5 Å². The van der Waals surface area contributed by atoms with Crippen LogP contribution in [0, 0.1) is 5.92 Å². The van der Waals surface area contributed by atoms with Crippen molar-refractivity contribution in [2.75, 3.05) is 13.1 Å². The molecular weight excluding hydrogens is 335 g/mol. The summed E-state index contributed by atoms with van der Waals surface area (Å²) in [7, 11) is 0. The van der Waals surface area contributed by atoms with Crippen molar-refractivity contribution in [3.63, 3.8) is 0 Å². The highest BCUT2D eigenvalue weighted by atomic mass is 35.5. The van der Waals surface area contributed by atoms with E-state index in [2.05, 4.69) is 27.3 Å². The van der Waals surface area contributed by atoms with Gasteiger partial charge in [0.2, 0.25) is 5.91 Å². The Morgan fingerprint density at radius 3 is 2.39 bits per heavy atom. The van der Waals surface area contributed by atoms with Gasteiger partial charge in [-0.3, -0.25) is 14.7 Å². The third-order valence-corrected chi connectivity index (χ3v) is 4.29. The molecule has 23 heavy (non-hydrogen) atoms. The van der Waals surface area contributed by atoms with Gasteiger partial charge in [-0.1, -0.05) is 6.92 Å². The van der Waals surface area contributed by atoms with Crippen LogP contribution in [0.1, 0.15) is 32.3 Å². The number of nitrogens with two attached hydrogens (primary N) is 1. The lowest BCUT2D eigenvalue weighted by Crippen LogP contribution is -2.48. The van der Waals surface area contributed by atoms with Crippen LogP contribution < -0.4 is 11.1 Å². The number of halogens is 2. The average molecular weight is 363 g/mol. The highest BCUT2D eigenvalue weighted by Crippen LogP contribution is 2.14. The summed E-state index contributed by atoms with van der Waals surface area (Å²) in [6.45, 7) is 6.75. The summed E-state index contributed by atoms with van der Waals surface area (Å²) < 4.78 is 0. The predicted molar refractivity (Wildman–Crippen MR) is 98.0 cm³/mol. The maximum Gasteiger partial charge on any atom is 0.224 e. The van der Waals surface area contributed by atoms with Crippen molar-refractivity contribution < 1.29 is 4.79 Å². The Morgan fingerprint density at radius 1 is 1.30 bits per heavy atom. The fourth-order valence-corrected chi connectivity index (χ4v) is 2.55. The molecule has 0 radical (unpaired) electrons. The molecule has 1 saturated heterocycles. The lowest BCUT2D eigenvalue weighted by molar-refractivity contribution is -0.126. The van der Waals surface area contributed by atoms with E-state index in [1.165, 1.54) is 5.56 Å². The molecule has 1 fully saturated rings. The molecule has 0 saturated carbocycles. The third-order valence-electron chi connectivity index (χ3n) is 4.29. The Morgan fingerprint density at radius 2 is 1.87 bits per heavy atom. The fraction of sp³-hybridized carbons (Fsp3) is 0.625. The number of aromatic nitrogens is 1. The van der Waals surface area contributed by atoms with Crippen molar-refractivity contribution in [1.29, 1.82) is 0 Å². The molecule has 1 aromatic rings. The second-order valence-corrected chi connectivity index (χ2v) is 6.06. The molecule has 2 heterocycles. The molecule has 1 aliphatic rings. The monoisotopic (exact) mass is 362 g/mol. The maximum absolute atomic E-state index is 12.0. The van der Waals surface area contributed by atoms with Gasteiger partial charge in [-0.2, -0.15) is 0 Å². The van der Waals surface area contributed by atoms with Crippen LogP contribution in [-0.4, -0.2) is 41.0 Å². The van der Waals surface area contributed by atoms with Crippen molar-refractivity contribution in [3.8, 4) is 0 Å². The van der Waals surface area contributed by atoms with Crippen LogP contribution in [0.15, 0.2) is 24.5 Å². The smallest absolute Gasteiger partial charge is 0.224 e. The van der Waals surface area contributed by atoms with Gasteiger partial charge in [0, 0.05) is 50.0 Å². The minimum atomic E-state index is -0.125. The first-order chi connectivity index (χ1) is 10.1. The average Bonchev–Trinajstić information content (AvgIpc) is 2.49. The number of amides is 1. The summed E-state index contributed by atoms with van der Waals surface area (Å²) >= 11 is 0. The zero-order valence-corrected chi connectivity index (χ0v) is 15.4. The molecule has 1 amide bonds. The summed E-state index contributed by atoms with van der Waals surface area (Å²) in [4.78, 5) is 18.5. The number of carbonyl (C=O) groups is 1. The first-order valence-corrected chi connectivity index (χ1v) is 7.73. The van der Waals surface area contributed by atoms with Crippen molar-refractivity contribution in [3.05, 3.63) is 30.1 Å². The molecule has 2 atom stereocenters. The number of hydrogen-bond acceptors (Lipinski definition) is 4. The molecule has 7 heteroatoms. The van der Waals surface area contributed by atoms with Gasteiger partial charge < -0.3 is 11.1 Å². The van der Waals surface area contributed by atoms with E-state index in [1.807, 2.05) is 26.2 Å². The van der Waals surface area contributed by atoms with Crippen LogP contribution in [0.5, 0.6) is 0 Å². The first-order valence-electron chi connectivity index (χ1n) is 7.73. The fourth-order valence-electron chi connectivity index (χ4n) is 2.55. The number of nitrogens with zero attached hydrogens (tertiary/aromatic N) is 2. The lowest BCUT2D eigenvalue weighted by atomic mass is 10.0. The topological polar surface area (TPSA) is 71.2 Å². The summed E-state index contributed by atoms with van der Waals surface area (Å²) in [5, 5.41) is 3.13.